The number of unbranched alkanes of at least 4 members (excludes halogenated alkanes) is 16. The molecule has 1 fully saturated rings. The molecule has 4 unspecified atom stereocenters. The molecule has 208 valence electrons. The van der Waals surface area contributed by atoms with Gasteiger partial charge in [-0.05, 0) is 37.0 Å². The molecule has 0 radical (unpaired) electrons. The summed E-state index contributed by atoms with van der Waals surface area (Å²) in [5.41, 5.74) is -0.462. The van der Waals surface area contributed by atoms with Gasteiger partial charge >= 0.3 is 5.97 Å². The minimum Gasteiger partial charge on any atom is -0.481 e. The van der Waals surface area contributed by atoms with E-state index in [1.165, 1.54) is 128 Å². The Balaban J connectivity index is 2.39. The fourth-order valence-electron chi connectivity index (χ4n) is 7.04. The van der Waals surface area contributed by atoms with Crippen LogP contribution in [0.25, 0.3) is 0 Å². The van der Waals surface area contributed by atoms with Gasteiger partial charge in [-0.1, -0.05) is 163 Å². The molecule has 0 spiro atoms. The maximum absolute atomic E-state index is 12.7. The molecule has 4 atom stereocenters. The van der Waals surface area contributed by atoms with Crippen molar-refractivity contribution in [1.82, 2.24) is 0 Å². The van der Waals surface area contributed by atoms with E-state index in [-0.39, 0.29) is 0 Å². The van der Waals surface area contributed by atoms with Gasteiger partial charge in [0.1, 0.15) is 0 Å². The van der Waals surface area contributed by atoms with Crippen LogP contribution in [0.5, 0.6) is 0 Å². The monoisotopic (exact) mass is 492 g/mol. The third-order valence-electron chi connectivity index (χ3n) is 9.24. The Kier molecular flexibility index (Phi) is 19.1. The Morgan fingerprint density at radius 1 is 0.771 bits per heavy atom. The smallest absolute Gasteiger partial charge is 0.309 e. The predicted octanol–water partition coefficient (Wildman–Crippen LogP) is 11.4. The van der Waals surface area contributed by atoms with Gasteiger partial charge in [0.15, 0.2) is 0 Å². The van der Waals surface area contributed by atoms with Gasteiger partial charge in [-0.15, -0.1) is 0 Å². The van der Waals surface area contributed by atoms with Crippen molar-refractivity contribution >= 4 is 5.97 Å². The number of carboxylic acid groups (broad SMARTS) is 1. The van der Waals surface area contributed by atoms with Crippen LogP contribution in [0.2, 0.25) is 0 Å². The summed E-state index contributed by atoms with van der Waals surface area (Å²) in [7, 11) is 0. The zero-order chi connectivity index (χ0) is 25.8. The fourth-order valence-corrected chi connectivity index (χ4v) is 7.04. The zero-order valence-electron chi connectivity index (χ0n) is 24.6. The van der Waals surface area contributed by atoms with Crippen molar-refractivity contribution in [3.63, 3.8) is 0 Å². The molecule has 0 heterocycles. The molecular formula is C33H64O2. The van der Waals surface area contributed by atoms with Crippen LogP contribution in [-0.4, -0.2) is 11.1 Å². The van der Waals surface area contributed by atoms with Crippen molar-refractivity contribution in [3.8, 4) is 0 Å². The third-order valence-corrected chi connectivity index (χ3v) is 9.24. The highest BCUT2D eigenvalue weighted by atomic mass is 16.4. The van der Waals surface area contributed by atoms with Gasteiger partial charge in [-0.2, -0.15) is 0 Å². The number of carboxylic acids is 1. The average molecular weight is 493 g/mol. The Labute approximate surface area is 220 Å². The number of aliphatic carboxylic acids is 1. The van der Waals surface area contributed by atoms with Crippen molar-refractivity contribution in [2.75, 3.05) is 0 Å². The van der Waals surface area contributed by atoms with Crippen LogP contribution in [0, 0.1) is 23.2 Å². The van der Waals surface area contributed by atoms with Crippen molar-refractivity contribution in [2.24, 2.45) is 23.2 Å². The summed E-state index contributed by atoms with van der Waals surface area (Å²) in [6, 6.07) is 0. The normalized spacial score (nSPS) is 23.4. The highest BCUT2D eigenvalue weighted by Crippen LogP contribution is 2.51. The molecule has 0 saturated heterocycles. The van der Waals surface area contributed by atoms with Crippen molar-refractivity contribution in [3.05, 3.63) is 0 Å². The zero-order valence-corrected chi connectivity index (χ0v) is 24.6. The van der Waals surface area contributed by atoms with Crippen LogP contribution < -0.4 is 0 Å². The van der Waals surface area contributed by atoms with Crippen molar-refractivity contribution in [1.29, 1.82) is 0 Å². The molecule has 1 rings (SSSR count). The van der Waals surface area contributed by atoms with Gasteiger partial charge in [-0.25, -0.2) is 0 Å². The summed E-state index contributed by atoms with van der Waals surface area (Å²) in [6.45, 7) is 9.24. The lowest BCUT2D eigenvalue weighted by atomic mass is 9.57. The second-order valence-corrected chi connectivity index (χ2v) is 12.5. The first-order valence-electron chi connectivity index (χ1n) is 16.2. The summed E-state index contributed by atoms with van der Waals surface area (Å²) in [6.07, 6.45) is 30.9. The molecule has 0 aromatic rings. The molecule has 2 nitrogen and oxygen atoms in total. The summed E-state index contributed by atoms with van der Waals surface area (Å²) in [5.74, 6) is 0.993. The topological polar surface area (TPSA) is 37.3 Å². The minimum atomic E-state index is -0.483. The first-order valence-corrected chi connectivity index (χ1v) is 16.2. The molecule has 0 aliphatic heterocycles. The second kappa shape index (κ2) is 20.5. The van der Waals surface area contributed by atoms with E-state index < -0.39 is 11.4 Å². The van der Waals surface area contributed by atoms with E-state index in [1.54, 1.807) is 0 Å². The standard InChI is InChI=1S/C33H64O2/c1-5-7-9-11-13-15-16-17-19-21-24-29(3)28-33(32(34)35)27-23-25-30(4)31(33)26-22-20-18-14-12-10-8-6-2/h29-31H,5-28H2,1-4H3,(H,34,35). The summed E-state index contributed by atoms with van der Waals surface area (Å²) in [4.78, 5) is 12.7. The van der Waals surface area contributed by atoms with Gasteiger partial charge in [0.05, 0.1) is 5.41 Å². The Hall–Kier alpha value is -0.530. The summed E-state index contributed by atoms with van der Waals surface area (Å²) in [5, 5.41) is 10.5. The highest BCUT2D eigenvalue weighted by molar-refractivity contribution is 5.75. The Morgan fingerprint density at radius 2 is 1.23 bits per heavy atom. The number of hydrogen-bond acceptors (Lipinski definition) is 1. The molecule has 1 aliphatic rings. The molecule has 0 aromatic heterocycles. The van der Waals surface area contributed by atoms with E-state index in [4.69, 9.17) is 0 Å². The maximum atomic E-state index is 12.7. The van der Waals surface area contributed by atoms with Gasteiger partial charge in [0.25, 0.3) is 0 Å². The van der Waals surface area contributed by atoms with Crippen LogP contribution in [0.1, 0.15) is 182 Å². The van der Waals surface area contributed by atoms with Crippen LogP contribution in [0.15, 0.2) is 0 Å². The van der Waals surface area contributed by atoms with E-state index >= 15 is 0 Å². The molecule has 1 N–H and O–H groups in total. The van der Waals surface area contributed by atoms with E-state index in [9.17, 15) is 9.90 Å². The number of rotatable bonds is 23. The molecular weight excluding hydrogens is 428 g/mol. The predicted molar refractivity (Wildman–Crippen MR) is 154 cm³/mol. The average Bonchev–Trinajstić information content (AvgIpc) is 2.83. The van der Waals surface area contributed by atoms with Gasteiger partial charge in [0, 0.05) is 0 Å². The van der Waals surface area contributed by atoms with E-state index in [1.807, 2.05) is 0 Å². The van der Waals surface area contributed by atoms with E-state index in [2.05, 4.69) is 27.7 Å². The third kappa shape index (κ3) is 13.5. The Bertz CT molecular complexity index is 501. The number of hydrogen-bond donors (Lipinski definition) is 1. The molecule has 0 aromatic carbocycles. The van der Waals surface area contributed by atoms with Gasteiger partial charge < -0.3 is 5.11 Å². The Morgan fingerprint density at radius 3 is 1.71 bits per heavy atom. The first kappa shape index (κ1) is 32.5. The lowest BCUT2D eigenvalue weighted by molar-refractivity contribution is -0.159. The second-order valence-electron chi connectivity index (χ2n) is 12.5. The molecule has 1 aliphatic carbocycles. The van der Waals surface area contributed by atoms with Crippen molar-refractivity contribution in [2.45, 2.75) is 182 Å². The fraction of sp³-hybridized carbons (Fsp3) is 0.970. The van der Waals surface area contributed by atoms with Crippen LogP contribution in [0.3, 0.4) is 0 Å². The highest BCUT2D eigenvalue weighted by Gasteiger charge is 2.49. The SMILES string of the molecule is CCCCCCCCCCCCC(C)CC1(C(=O)O)CCCC(C)C1CCCCCCCCCC. The largest absolute Gasteiger partial charge is 0.481 e. The molecule has 0 amide bonds. The van der Waals surface area contributed by atoms with Crippen LogP contribution in [0.4, 0.5) is 0 Å². The lowest BCUT2D eigenvalue weighted by Gasteiger charge is -2.46. The first-order chi connectivity index (χ1) is 17.0. The maximum Gasteiger partial charge on any atom is 0.309 e. The van der Waals surface area contributed by atoms with E-state index in [0.717, 1.165) is 25.7 Å². The van der Waals surface area contributed by atoms with Crippen LogP contribution >= 0.6 is 0 Å². The summed E-state index contributed by atoms with van der Waals surface area (Å²) < 4.78 is 0. The molecule has 35 heavy (non-hydrogen) atoms. The van der Waals surface area contributed by atoms with Gasteiger partial charge in [0.2, 0.25) is 0 Å². The van der Waals surface area contributed by atoms with Crippen LogP contribution in [-0.2, 0) is 4.79 Å². The summed E-state index contributed by atoms with van der Waals surface area (Å²) >= 11 is 0. The quantitative estimate of drug-likeness (QED) is 0.144. The molecule has 2 heteroatoms. The molecule has 0 bridgehead atoms. The minimum absolute atomic E-state index is 0.379. The molecule has 1 saturated carbocycles. The lowest BCUT2D eigenvalue weighted by Crippen LogP contribution is -2.45. The van der Waals surface area contributed by atoms with E-state index in [0.29, 0.717) is 17.8 Å². The number of carbonyl (C=O) groups is 1. The van der Waals surface area contributed by atoms with Crippen molar-refractivity contribution < 1.29 is 9.90 Å². The van der Waals surface area contributed by atoms with Gasteiger partial charge in [-0.3, -0.25) is 4.79 Å².